The summed E-state index contributed by atoms with van der Waals surface area (Å²) >= 11 is 1.50. The van der Waals surface area contributed by atoms with Gasteiger partial charge in [-0.3, -0.25) is 4.79 Å². The van der Waals surface area contributed by atoms with Gasteiger partial charge in [0.25, 0.3) is 5.91 Å². The average Bonchev–Trinajstić information content (AvgIpc) is 2.42. The number of rotatable bonds is 8. The summed E-state index contributed by atoms with van der Waals surface area (Å²) in [4.78, 5) is 23.0. The van der Waals surface area contributed by atoms with E-state index in [2.05, 4.69) is 5.32 Å². The molecule has 116 valence electrons. The maximum absolute atomic E-state index is 13.0. The van der Waals surface area contributed by atoms with Gasteiger partial charge < -0.3 is 15.2 Å². The lowest BCUT2D eigenvalue weighted by molar-refractivity contribution is -0.142. The second-order valence-electron chi connectivity index (χ2n) is 4.40. The molecule has 0 bridgehead atoms. The van der Waals surface area contributed by atoms with E-state index in [1.54, 1.807) is 0 Å². The van der Waals surface area contributed by atoms with E-state index in [4.69, 9.17) is 9.84 Å². The van der Waals surface area contributed by atoms with Crippen molar-refractivity contribution in [1.29, 1.82) is 0 Å². The predicted octanol–water partition coefficient (Wildman–Crippen LogP) is 1.92. The van der Waals surface area contributed by atoms with E-state index in [0.717, 1.165) is 6.07 Å². The number of thioether (sulfide) groups is 1. The number of carbonyl (C=O) groups is 2. The molecule has 1 aromatic carbocycles. The van der Waals surface area contributed by atoms with Crippen molar-refractivity contribution in [3.05, 3.63) is 30.1 Å². The maximum atomic E-state index is 13.0. The third-order valence-corrected chi connectivity index (χ3v) is 3.35. The first kappa shape index (κ1) is 17.3. The van der Waals surface area contributed by atoms with Gasteiger partial charge in [0.1, 0.15) is 17.6 Å². The zero-order valence-corrected chi connectivity index (χ0v) is 12.7. The molecule has 0 aliphatic heterocycles. The Hall–Kier alpha value is -1.76. The molecule has 0 heterocycles. The molecule has 0 saturated carbocycles. The number of hydrogen-bond acceptors (Lipinski definition) is 4. The number of amides is 1. The van der Waals surface area contributed by atoms with Crippen LogP contribution in [0.25, 0.3) is 0 Å². The van der Waals surface area contributed by atoms with Crippen molar-refractivity contribution in [2.75, 3.05) is 12.0 Å². The highest BCUT2D eigenvalue weighted by Gasteiger charge is 2.23. The number of ether oxygens (including phenoxy) is 1. The maximum Gasteiger partial charge on any atom is 0.326 e. The van der Waals surface area contributed by atoms with Crippen LogP contribution in [0.15, 0.2) is 24.3 Å². The quantitative estimate of drug-likeness (QED) is 0.766. The molecule has 21 heavy (non-hydrogen) atoms. The SMILES string of the molecule is CSCCC(NC(=O)C(C)Oc1cccc(F)c1)C(=O)O. The van der Waals surface area contributed by atoms with E-state index in [1.165, 1.54) is 36.9 Å². The van der Waals surface area contributed by atoms with Crippen LogP contribution in [0.4, 0.5) is 4.39 Å². The average molecular weight is 315 g/mol. The summed E-state index contributed by atoms with van der Waals surface area (Å²) < 4.78 is 18.3. The normalized spacial score (nSPS) is 13.3. The Balaban J connectivity index is 2.58. The van der Waals surface area contributed by atoms with Crippen LogP contribution in [0, 0.1) is 5.82 Å². The molecule has 5 nitrogen and oxygen atoms in total. The second kappa shape index (κ2) is 8.51. The van der Waals surface area contributed by atoms with Gasteiger partial charge in [0.05, 0.1) is 0 Å². The Morgan fingerprint density at radius 2 is 2.19 bits per heavy atom. The minimum absolute atomic E-state index is 0.216. The lowest BCUT2D eigenvalue weighted by atomic mass is 10.2. The van der Waals surface area contributed by atoms with Crippen LogP contribution in [0.3, 0.4) is 0 Å². The van der Waals surface area contributed by atoms with Gasteiger partial charge in [0.2, 0.25) is 0 Å². The summed E-state index contributed by atoms with van der Waals surface area (Å²) in [5.41, 5.74) is 0. The van der Waals surface area contributed by atoms with Crippen molar-refractivity contribution in [3.63, 3.8) is 0 Å². The van der Waals surface area contributed by atoms with Crippen LogP contribution < -0.4 is 10.1 Å². The third kappa shape index (κ3) is 6.03. The molecule has 2 unspecified atom stereocenters. The third-order valence-electron chi connectivity index (χ3n) is 2.70. The Morgan fingerprint density at radius 3 is 2.76 bits per heavy atom. The van der Waals surface area contributed by atoms with Gasteiger partial charge in [-0.25, -0.2) is 9.18 Å². The number of nitrogens with one attached hydrogen (secondary N) is 1. The number of halogens is 1. The standard InChI is InChI=1S/C14H18FNO4S/c1-9(20-11-5-3-4-10(15)8-11)13(17)16-12(14(18)19)6-7-21-2/h3-5,8-9,12H,6-7H2,1-2H3,(H,16,17)(H,18,19). The van der Waals surface area contributed by atoms with Gasteiger partial charge in [-0.05, 0) is 37.5 Å². The highest BCUT2D eigenvalue weighted by Crippen LogP contribution is 2.14. The van der Waals surface area contributed by atoms with Crippen LogP contribution >= 0.6 is 11.8 Å². The van der Waals surface area contributed by atoms with Crippen LogP contribution in [0.5, 0.6) is 5.75 Å². The molecule has 0 saturated heterocycles. The van der Waals surface area contributed by atoms with Crippen molar-refractivity contribution >= 4 is 23.6 Å². The van der Waals surface area contributed by atoms with Crippen LogP contribution in [-0.4, -0.2) is 41.1 Å². The molecule has 0 spiro atoms. The number of hydrogen-bond donors (Lipinski definition) is 2. The molecule has 0 radical (unpaired) electrons. The summed E-state index contributed by atoms with van der Waals surface area (Å²) in [7, 11) is 0. The van der Waals surface area contributed by atoms with E-state index in [1.807, 2.05) is 6.26 Å². The Kier molecular flexibility index (Phi) is 7.01. The highest BCUT2D eigenvalue weighted by atomic mass is 32.2. The summed E-state index contributed by atoms with van der Waals surface area (Å²) in [5.74, 6) is -1.27. The molecule has 0 aromatic heterocycles. The van der Waals surface area contributed by atoms with Gasteiger partial charge in [-0.15, -0.1) is 0 Å². The molecule has 0 fully saturated rings. The van der Waals surface area contributed by atoms with Gasteiger partial charge in [0, 0.05) is 6.07 Å². The largest absolute Gasteiger partial charge is 0.481 e. The fourth-order valence-electron chi connectivity index (χ4n) is 1.58. The lowest BCUT2D eigenvalue weighted by Crippen LogP contribution is -2.46. The molecule has 0 aliphatic carbocycles. The van der Waals surface area contributed by atoms with Crippen molar-refractivity contribution < 1.29 is 23.8 Å². The molecular weight excluding hydrogens is 297 g/mol. The smallest absolute Gasteiger partial charge is 0.326 e. The molecule has 2 N–H and O–H groups in total. The lowest BCUT2D eigenvalue weighted by Gasteiger charge is -2.18. The number of benzene rings is 1. The van der Waals surface area contributed by atoms with Crippen molar-refractivity contribution in [2.45, 2.75) is 25.5 Å². The Bertz CT molecular complexity index is 498. The number of aliphatic carboxylic acids is 1. The Morgan fingerprint density at radius 1 is 1.48 bits per heavy atom. The fraction of sp³-hybridized carbons (Fsp3) is 0.429. The van der Waals surface area contributed by atoms with Crippen LogP contribution in [0.1, 0.15) is 13.3 Å². The zero-order chi connectivity index (χ0) is 15.8. The summed E-state index contributed by atoms with van der Waals surface area (Å²) in [5, 5.41) is 11.5. The van der Waals surface area contributed by atoms with Crippen molar-refractivity contribution in [2.24, 2.45) is 0 Å². The topological polar surface area (TPSA) is 75.6 Å². The fourth-order valence-corrected chi connectivity index (χ4v) is 2.05. The predicted molar refractivity (Wildman–Crippen MR) is 79.1 cm³/mol. The first-order valence-corrected chi connectivity index (χ1v) is 7.77. The molecule has 0 aliphatic rings. The van der Waals surface area contributed by atoms with E-state index in [0.29, 0.717) is 12.2 Å². The van der Waals surface area contributed by atoms with E-state index in [9.17, 15) is 14.0 Å². The summed E-state index contributed by atoms with van der Waals surface area (Å²) in [6.07, 6.45) is 1.27. The molecule has 1 rings (SSSR count). The molecule has 7 heteroatoms. The number of carbonyl (C=O) groups excluding carboxylic acids is 1. The van der Waals surface area contributed by atoms with E-state index < -0.39 is 29.8 Å². The number of carboxylic acids is 1. The second-order valence-corrected chi connectivity index (χ2v) is 5.38. The van der Waals surface area contributed by atoms with Gasteiger partial charge in [-0.1, -0.05) is 6.07 Å². The first-order valence-electron chi connectivity index (χ1n) is 6.38. The van der Waals surface area contributed by atoms with Gasteiger partial charge >= 0.3 is 5.97 Å². The molecular formula is C14H18FNO4S. The monoisotopic (exact) mass is 315 g/mol. The van der Waals surface area contributed by atoms with Gasteiger partial charge in [0.15, 0.2) is 6.10 Å². The van der Waals surface area contributed by atoms with E-state index >= 15 is 0 Å². The minimum Gasteiger partial charge on any atom is -0.481 e. The van der Waals surface area contributed by atoms with E-state index in [-0.39, 0.29) is 5.75 Å². The Labute approximate surface area is 126 Å². The zero-order valence-electron chi connectivity index (χ0n) is 11.8. The summed E-state index contributed by atoms with van der Waals surface area (Å²) in [6, 6.07) is 4.46. The van der Waals surface area contributed by atoms with Crippen molar-refractivity contribution in [3.8, 4) is 5.75 Å². The number of carboxylic acid groups (broad SMARTS) is 1. The van der Waals surface area contributed by atoms with Crippen LogP contribution in [-0.2, 0) is 9.59 Å². The van der Waals surface area contributed by atoms with Crippen LogP contribution in [0.2, 0.25) is 0 Å². The van der Waals surface area contributed by atoms with Gasteiger partial charge in [-0.2, -0.15) is 11.8 Å². The highest BCUT2D eigenvalue weighted by molar-refractivity contribution is 7.98. The summed E-state index contributed by atoms with van der Waals surface area (Å²) in [6.45, 7) is 1.48. The molecule has 1 amide bonds. The minimum atomic E-state index is -1.09. The molecule has 1 aromatic rings. The van der Waals surface area contributed by atoms with Crippen molar-refractivity contribution in [1.82, 2.24) is 5.32 Å². The molecule has 2 atom stereocenters. The first-order chi connectivity index (χ1) is 9.93.